The summed E-state index contributed by atoms with van der Waals surface area (Å²) in [6, 6.07) is 3.20. The largest absolute Gasteiger partial charge is 0.505 e. The summed E-state index contributed by atoms with van der Waals surface area (Å²) >= 11 is 4.75. The van der Waals surface area contributed by atoms with Crippen LogP contribution in [0.3, 0.4) is 0 Å². The van der Waals surface area contributed by atoms with Gasteiger partial charge < -0.3 is 10.2 Å². The first-order valence-electron chi connectivity index (χ1n) is 4.24. The van der Waals surface area contributed by atoms with E-state index in [-0.39, 0.29) is 11.3 Å². The van der Waals surface area contributed by atoms with Gasteiger partial charge in [-0.2, -0.15) is 0 Å². The highest BCUT2D eigenvalue weighted by Crippen LogP contribution is 2.30. The molecule has 4 nitrogen and oxygen atoms in total. The second-order valence-corrected chi connectivity index (χ2v) is 4.85. The van der Waals surface area contributed by atoms with Gasteiger partial charge in [0.25, 0.3) is 0 Å². The fourth-order valence-corrected chi connectivity index (χ4v) is 2.60. The van der Waals surface area contributed by atoms with Crippen molar-refractivity contribution >= 4 is 33.2 Å². The fourth-order valence-electron chi connectivity index (χ4n) is 1.20. The summed E-state index contributed by atoms with van der Waals surface area (Å²) in [6.45, 7) is 0. The monoisotopic (exact) mass is 299 g/mol. The molecule has 6 heteroatoms. The number of rotatable bonds is 2. The highest BCUT2D eigenvalue weighted by atomic mass is 79.9. The van der Waals surface area contributed by atoms with Crippen molar-refractivity contribution in [3.05, 3.63) is 33.7 Å². The lowest BCUT2D eigenvalue weighted by Gasteiger charge is -2.01. The molecular formula is C10H6BrNO3S. The topological polar surface area (TPSA) is 70.4 Å². The van der Waals surface area contributed by atoms with Gasteiger partial charge in [-0.1, -0.05) is 0 Å². The third-order valence-electron chi connectivity index (χ3n) is 1.93. The van der Waals surface area contributed by atoms with Crippen LogP contribution in [0, 0.1) is 0 Å². The highest BCUT2D eigenvalue weighted by molar-refractivity contribution is 9.10. The predicted molar refractivity (Wildman–Crippen MR) is 63.9 cm³/mol. The standard InChI is InChI=1S/C10H6BrNO3S/c11-5-1-9(16-4-5)7-2-6(10(14)15)8(13)3-12-7/h1-4,13H,(H,14,15). The van der Waals surface area contributed by atoms with Crippen LogP contribution in [-0.4, -0.2) is 21.2 Å². The summed E-state index contributed by atoms with van der Waals surface area (Å²) in [5.41, 5.74) is 0.389. The first kappa shape index (κ1) is 11.1. The van der Waals surface area contributed by atoms with Crippen molar-refractivity contribution in [1.82, 2.24) is 4.98 Å². The number of carbonyl (C=O) groups is 1. The van der Waals surface area contributed by atoms with Crippen LogP contribution < -0.4 is 0 Å². The van der Waals surface area contributed by atoms with Crippen LogP contribution in [0.1, 0.15) is 10.4 Å². The molecule has 2 aromatic heterocycles. The molecule has 16 heavy (non-hydrogen) atoms. The van der Waals surface area contributed by atoms with Gasteiger partial charge in [-0.25, -0.2) is 4.79 Å². The Balaban J connectivity index is 2.51. The number of nitrogens with zero attached hydrogens (tertiary/aromatic N) is 1. The molecule has 2 heterocycles. The molecule has 0 aliphatic carbocycles. The van der Waals surface area contributed by atoms with Crippen LogP contribution in [0.25, 0.3) is 10.6 Å². The molecule has 2 N–H and O–H groups in total. The van der Waals surface area contributed by atoms with E-state index in [4.69, 9.17) is 5.11 Å². The fraction of sp³-hybridized carbons (Fsp3) is 0. The summed E-state index contributed by atoms with van der Waals surface area (Å²) in [4.78, 5) is 15.6. The van der Waals surface area contributed by atoms with Crippen molar-refractivity contribution in [2.45, 2.75) is 0 Å². The maximum Gasteiger partial charge on any atom is 0.339 e. The second-order valence-electron chi connectivity index (χ2n) is 3.02. The van der Waals surface area contributed by atoms with Gasteiger partial charge in [-0.15, -0.1) is 11.3 Å². The quantitative estimate of drug-likeness (QED) is 0.894. The van der Waals surface area contributed by atoms with E-state index in [1.165, 1.54) is 17.4 Å². The van der Waals surface area contributed by atoms with Crippen LogP contribution in [0.15, 0.2) is 28.2 Å². The Morgan fingerprint density at radius 3 is 2.75 bits per heavy atom. The molecule has 0 aliphatic heterocycles. The lowest BCUT2D eigenvalue weighted by molar-refractivity contribution is 0.0693. The SMILES string of the molecule is O=C(O)c1cc(-c2cc(Br)cs2)ncc1O. The number of halogens is 1. The average Bonchev–Trinajstić information content (AvgIpc) is 2.65. The second kappa shape index (κ2) is 4.23. The Kier molecular flexibility index (Phi) is 2.93. The van der Waals surface area contributed by atoms with Crippen molar-refractivity contribution in [2.75, 3.05) is 0 Å². The smallest absolute Gasteiger partial charge is 0.339 e. The first-order valence-corrected chi connectivity index (χ1v) is 5.92. The molecule has 0 aromatic carbocycles. The first-order chi connectivity index (χ1) is 7.58. The normalized spacial score (nSPS) is 10.3. The van der Waals surface area contributed by atoms with Crippen molar-refractivity contribution in [1.29, 1.82) is 0 Å². The van der Waals surface area contributed by atoms with Gasteiger partial charge >= 0.3 is 5.97 Å². The number of pyridine rings is 1. The van der Waals surface area contributed by atoms with Gasteiger partial charge in [-0.3, -0.25) is 4.98 Å². The van der Waals surface area contributed by atoms with Gasteiger partial charge in [-0.05, 0) is 28.1 Å². The number of thiophene rings is 1. The van der Waals surface area contributed by atoms with Gasteiger partial charge in [0.1, 0.15) is 11.3 Å². The third-order valence-corrected chi connectivity index (χ3v) is 3.65. The molecule has 0 atom stereocenters. The molecule has 82 valence electrons. The minimum Gasteiger partial charge on any atom is -0.505 e. The lowest BCUT2D eigenvalue weighted by atomic mass is 10.2. The molecule has 0 spiro atoms. The minimum atomic E-state index is -1.17. The molecule has 2 aromatic rings. The zero-order valence-electron chi connectivity index (χ0n) is 7.85. The van der Waals surface area contributed by atoms with Crippen LogP contribution >= 0.6 is 27.3 Å². The molecule has 0 radical (unpaired) electrons. The minimum absolute atomic E-state index is 0.144. The van der Waals surface area contributed by atoms with E-state index in [1.807, 2.05) is 11.4 Å². The van der Waals surface area contributed by atoms with Crippen molar-refractivity contribution in [3.63, 3.8) is 0 Å². The Morgan fingerprint density at radius 2 is 2.19 bits per heavy atom. The van der Waals surface area contributed by atoms with Crippen molar-refractivity contribution in [2.24, 2.45) is 0 Å². The van der Waals surface area contributed by atoms with Crippen LogP contribution in [-0.2, 0) is 0 Å². The van der Waals surface area contributed by atoms with E-state index < -0.39 is 5.97 Å². The molecule has 0 bridgehead atoms. The molecule has 0 unspecified atom stereocenters. The zero-order valence-corrected chi connectivity index (χ0v) is 10.2. The summed E-state index contributed by atoms with van der Waals surface area (Å²) < 4.78 is 0.916. The van der Waals surface area contributed by atoms with Gasteiger partial charge in [0.15, 0.2) is 0 Å². The number of aromatic carboxylic acids is 1. The number of hydrogen-bond donors (Lipinski definition) is 2. The number of hydrogen-bond acceptors (Lipinski definition) is 4. The number of aromatic nitrogens is 1. The van der Waals surface area contributed by atoms with Gasteiger partial charge in [0.05, 0.1) is 16.8 Å². The maximum atomic E-state index is 10.8. The van der Waals surface area contributed by atoms with Crippen LogP contribution in [0.5, 0.6) is 5.75 Å². The molecule has 0 aliphatic rings. The van der Waals surface area contributed by atoms with E-state index >= 15 is 0 Å². The van der Waals surface area contributed by atoms with Gasteiger partial charge in [0, 0.05) is 9.85 Å². The van der Waals surface area contributed by atoms with E-state index in [9.17, 15) is 9.90 Å². The zero-order chi connectivity index (χ0) is 11.7. The molecule has 0 fully saturated rings. The highest BCUT2D eigenvalue weighted by Gasteiger charge is 2.12. The molecule has 0 amide bonds. The molecular weight excluding hydrogens is 294 g/mol. The summed E-state index contributed by atoms with van der Waals surface area (Å²) in [7, 11) is 0. The van der Waals surface area contributed by atoms with Crippen LogP contribution in [0.4, 0.5) is 0 Å². The Hall–Kier alpha value is -1.40. The number of aromatic hydroxyl groups is 1. The Bertz CT molecular complexity index is 553. The van der Waals surface area contributed by atoms with Crippen molar-refractivity contribution in [3.8, 4) is 16.3 Å². The number of carboxylic acids is 1. The van der Waals surface area contributed by atoms with E-state index in [1.54, 1.807) is 0 Å². The van der Waals surface area contributed by atoms with E-state index in [0.29, 0.717) is 5.69 Å². The average molecular weight is 300 g/mol. The summed E-state index contributed by atoms with van der Waals surface area (Å²) in [6.07, 6.45) is 1.15. The maximum absolute atomic E-state index is 10.8. The molecule has 0 saturated carbocycles. The van der Waals surface area contributed by atoms with Crippen molar-refractivity contribution < 1.29 is 15.0 Å². The third kappa shape index (κ3) is 2.07. The van der Waals surface area contributed by atoms with Crippen LogP contribution in [0.2, 0.25) is 0 Å². The predicted octanol–water partition coefficient (Wildman–Crippen LogP) is 2.98. The summed E-state index contributed by atoms with van der Waals surface area (Å²) in [5.74, 6) is -1.50. The molecule has 2 rings (SSSR count). The Labute approximate surface area is 103 Å². The van der Waals surface area contributed by atoms with E-state index in [0.717, 1.165) is 15.5 Å². The van der Waals surface area contributed by atoms with E-state index in [2.05, 4.69) is 20.9 Å². The van der Waals surface area contributed by atoms with Gasteiger partial charge in [0.2, 0.25) is 0 Å². The lowest BCUT2D eigenvalue weighted by Crippen LogP contribution is -1.98. The molecule has 0 saturated heterocycles. The number of carboxylic acid groups (broad SMARTS) is 1. The summed E-state index contributed by atoms with van der Waals surface area (Å²) in [5, 5.41) is 20.0. The Morgan fingerprint density at radius 1 is 1.44 bits per heavy atom.